The minimum Gasteiger partial charge on any atom is -0.448 e. The lowest BCUT2D eigenvalue weighted by Gasteiger charge is -2.35. The zero-order chi connectivity index (χ0) is 17.4. The van der Waals surface area contributed by atoms with Crippen molar-refractivity contribution in [2.75, 3.05) is 26.2 Å². The Balaban J connectivity index is 1.68. The quantitative estimate of drug-likeness (QED) is 0.856. The van der Waals surface area contributed by atoms with E-state index in [1.165, 1.54) is 6.92 Å². The number of ketones is 1. The minimum atomic E-state index is -0.248. The molecule has 1 aromatic rings. The first-order chi connectivity index (χ1) is 11.4. The number of H-pyrrole nitrogens is 1. The number of cyclic esters (lactones) is 1. The smallest absolute Gasteiger partial charge is 0.410 e. The van der Waals surface area contributed by atoms with Crippen LogP contribution in [-0.4, -0.2) is 64.9 Å². The number of rotatable bonds is 3. The van der Waals surface area contributed by atoms with Crippen molar-refractivity contribution in [3.8, 4) is 0 Å². The molecule has 2 amide bonds. The van der Waals surface area contributed by atoms with Crippen molar-refractivity contribution in [3.05, 3.63) is 22.5 Å². The Bertz CT molecular complexity index is 686. The normalized spacial score (nSPS) is 18.9. The summed E-state index contributed by atoms with van der Waals surface area (Å²) in [5, 5.41) is 0. The number of Topliss-reactive ketones (excluding diaryl/α,β-unsaturated/α-hetero) is 1. The third-order valence-electron chi connectivity index (χ3n) is 4.99. The van der Waals surface area contributed by atoms with Crippen molar-refractivity contribution in [2.45, 2.75) is 39.7 Å². The number of hydrogen-bond acceptors (Lipinski definition) is 4. The summed E-state index contributed by atoms with van der Waals surface area (Å²) in [4.78, 5) is 42.8. The second-order valence-electron chi connectivity index (χ2n) is 6.51. The molecule has 0 unspecified atom stereocenters. The summed E-state index contributed by atoms with van der Waals surface area (Å²) < 4.78 is 4.99. The van der Waals surface area contributed by atoms with Crippen molar-refractivity contribution in [3.63, 3.8) is 0 Å². The molecule has 24 heavy (non-hydrogen) atoms. The van der Waals surface area contributed by atoms with Crippen LogP contribution >= 0.6 is 0 Å². The Hall–Kier alpha value is -2.31. The Morgan fingerprint density at radius 3 is 2.33 bits per heavy atom. The van der Waals surface area contributed by atoms with E-state index in [9.17, 15) is 14.4 Å². The summed E-state index contributed by atoms with van der Waals surface area (Å²) >= 11 is 0. The molecule has 1 N–H and O–H groups in total. The molecule has 7 nitrogen and oxygen atoms in total. The molecule has 2 aliphatic heterocycles. The van der Waals surface area contributed by atoms with E-state index in [0.717, 1.165) is 24.1 Å². The fourth-order valence-corrected chi connectivity index (χ4v) is 3.77. The first-order valence-electron chi connectivity index (χ1n) is 8.33. The van der Waals surface area contributed by atoms with Crippen molar-refractivity contribution < 1.29 is 19.1 Å². The highest BCUT2D eigenvalue weighted by atomic mass is 16.6. The number of carbonyl (C=O) groups is 3. The monoisotopic (exact) mass is 333 g/mol. The number of ether oxygens (including phenoxy) is 1. The van der Waals surface area contributed by atoms with Gasteiger partial charge in [0.25, 0.3) is 5.91 Å². The lowest BCUT2D eigenvalue weighted by Crippen LogP contribution is -2.47. The number of aromatic amines is 1. The number of piperidine rings is 1. The summed E-state index contributed by atoms with van der Waals surface area (Å²) in [6.45, 7) is 7.41. The number of nitrogens with zero attached hydrogens (tertiary/aromatic N) is 2. The van der Waals surface area contributed by atoms with Crippen LogP contribution in [0.3, 0.4) is 0 Å². The van der Waals surface area contributed by atoms with Gasteiger partial charge >= 0.3 is 6.09 Å². The van der Waals surface area contributed by atoms with Crippen molar-refractivity contribution >= 4 is 17.8 Å². The van der Waals surface area contributed by atoms with E-state index in [-0.39, 0.29) is 23.8 Å². The van der Waals surface area contributed by atoms with Gasteiger partial charge in [0.15, 0.2) is 5.78 Å². The average molecular weight is 333 g/mol. The van der Waals surface area contributed by atoms with Crippen LogP contribution in [0.25, 0.3) is 0 Å². The Labute approximate surface area is 140 Å². The summed E-state index contributed by atoms with van der Waals surface area (Å²) in [6, 6.07) is 0.142. The van der Waals surface area contributed by atoms with Crippen LogP contribution in [-0.2, 0) is 4.74 Å². The van der Waals surface area contributed by atoms with Gasteiger partial charge in [0, 0.05) is 30.4 Å². The van der Waals surface area contributed by atoms with Gasteiger partial charge in [-0.25, -0.2) is 4.79 Å². The summed E-state index contributed by atoms with van der Waals surface area (Å²) in [5.74, 6) is -0.114. The highest BCUT2D eigenvalue weighted by molar-refractivity contribution is 6.02. The topological polar surface area (TPSA) is 82.7 Å². The summed E-state index contributed by atoms with van der Waals surface area (Å²) in [5.41, 5.74) is 2.55. The number of likely N-dealkylation sites (tertiary alicyclic amines) is 1. The molecule has 2 aliphatic rings. The Kier molecular flexibility index (Phi) is 4.34. The molecule has 2 fully saturated rings. The van der Waals surface area contributed by atoms with Gasteiger partial charge in [0.05, 0.1) is 6.54 Å². The maximum absolute atomic E-state index is 12.8. The molecule has 0 spiro atoms. The van der Waals surface area contributed by atoms with E-state index in [0.29, 0.717) is 37.5 Å². The number of carbonyl (C=O) groups excluding carboxylic acids is 3. The zero-order valence-electron chi connectivity index (χ0n) is 14.3. The first kappa shape index (κ1) is 16.5. The molecule has 0 bridgehead atoms. The lowest BCUT2D eigenvalue weighted by molar-refractivity contribution is 0.0652. The molecule has 0 aliphatic carbocycles. The van der Waals surface area contributed by atoms with Crippen molar-refractivity contribution in [2.24, 2.45) is 0 Å². The second-order valence-corrected chi connectivity index (χ2v) is 6.51. The number of aryl methyl sites for hydroxylation is 1. The average Bonchev–Trinajstić information content (AvgIpc) is 3.10. The van der Waals surface area contributed by atoms with Gasteiger partial charge in [-0.2, -0.15) is 0 Å². The van der Waals surface area contributed by atoms with Gasteiger partial charge in [-0.15, -0.1) is 0 Å². The highest BCUT2D eigenvalue weighted by Gasteiger charge is 2.34. The fourth-order valence-electron chi connectivity index (χ4n) is 3.77. The number of nitrogens with one attached hydrogen (secondary N) is 1. The van der Waals surface area contributed by atoms with E-state index in [2.05, 4.69) is 4.98 Å². The van der Waals surface area contributed by atoms with E-state index in [1.54, 1.807) is 16.7 Å². The predicted octanol–water partition coefficient (Wildman–Crippen LogP) is 1.89. The summed E-state index contributed by atoms with van der Waals surface area (Å²) in [7, 11) is 0. The zero-order valence-corrected chi connectivity index (χ0v) is 14.3. The van der Waals surface area contributed by atoms with Crippen LogP contribution in [0.1, 0.15) is 51.9 Å². The van der Waals surface area contributed by atoms with Crippen molar-refractivity contribution in [1.29, 1.82) is 0 Å². The second kappa shape index (κ2) is 6.30. The molecule has 1 aromatic heterocycles. The van der Waals surface area contributed by atoms with E-state index < -0.39 is 0 Å². The molecule has 2 saturated heterocycles. The van der Waals surface area contributed by atoms with Crippen LogP contribution in [0, 0.1) is 13.8 Å². The Morgan fingerprint density at radius 2 is 1.83 bits per heavy atom. The van der Waals surface area contributed by atoms with Crippen LogP contribution in [0.2, 0.25) is 0 Å². The molecule has 0 atom stereocenters. The lowest BCUT2D eigenvalue weighted by atomic mass is 10.0. The molecule has 130 valence electrons. The van der Waals surface area contributed by atoms with Crippen LogP contribution in [0.5, 0.6) is 0 Å². The molecule has 3 rings (SSSR count). The minimum absolute atomic E-state index is 0.0356. The first-order valence-corrected chi connectivity index (χ1v) is 8.33. The number of amides is 2. The van der Waals surface area contributed by atoms with E-state index in [4.69, 9.17) is 4.74 Å². The molecule has 3 heterocycles. The number of aromatic nitrogens is 1. The third-order valence-corrected chi connectivity index (χ3v) is 4.99. The molecule has 0 saturated carbocycles. The van der Waals surface area contributed by atoms with E-state index in [1.807, 2.05) is 6.92 Å². The Morgan fingerprint density at radius 1 is 1.17 bits per heavy atom. The third kappa shape index (κ3) is 2.79. The van der Waals surface area contributed by atoms with E-state index >= 15 is 0 Å². The standard InChI is InChI=1S/C17H23N3O4/c1-10-14(12(3)21)11(2)18-15(10)16(22)19-6-4-13(5-7-19)20-8-9-24-17(20)23/h13,18H,4-9H2,1-3H3. The van der Waals surface area contributed by atoms with Crippen LogP contribution in [0.15, 0.2) is 0 Å². The molecular weight excluding hydrogens is 310 g/mol. The van der Waals surface area contributed by atoms with Gasteiger partial charge in [-0.3, -0.25) is 9.59 Å². The predicted molar refractivity (Wildman–Crippen MR) is 87.3 cm³/mol. The van der Waals surface area contributed by atoms with Crippen molar-refractivity contribution in [1.82, 2.24) is 14.8 Å². The molecule has 0 aromatic carbocycles. The van der Waals surface area contributed by atoms with Gasteiger partial charge in [-0.05, 0) is 39.2 Å². The molecular formula is C17H23N3O4. The SMILES string of the molecule is CC(=O)c1c(C)[nH]c(C(=O)N2CCC(N3CCOC3=O)CC2)c1C. The molecule has 7 heteroatoms. The maximum Gasteiger partial charge on any atom is 0.410 e. The van der Waals surface area contributed by atoms with Gasteiger partial charge in [-0.1, -0.05) is 0 Å². The largest absolute Gasteiger partial charge is 0.448 e. The highest BCUT2D eigenvalue weighted by Crippen LogP contribution is 2.24. The van der Waals surface area contributed by atoms with Crippen LogP contribution in [0.4, 0.5) is 4.79 Å². The van der Waals surface area contributed by atoms with Gasteiger partial charge < -0.3 is 19.5 Å². The van der Waals surface area contributed by atoms with Crippen LogP contribution < -0.4 is 0 Å². The molecule has 0 radical (unpaired) electrons. The maximum atomic E-state index is 12.8. The van der Waals surface area contributed by atoms with Gasteiger partial charge in [0.1, 0.15) is 12.3 Å². The van der Waals surface area contributed by atoms with Gasteiger partial charge in [0.2, 0.25) is 0 Å². The number of hydrogen-bond donors (Lipinski definition) is 1. The fraction of sp³-hybridized carbons (Fsp3) is 0.588. The summed E-state index contributed by atoms with van der Waals surface area (Å²) in [6.07, 6.45) is 1.25.